The molecule has 0 radical (unpaired) electrons. The summed E-state index contributed by atoms with van der Waals surface area (Å²) in [4.78, 5) is 14.9. The van der Waals surface area contributed by atoms with E-state index >= 15 is 0 Å². The number of anilines is 1. The minimum absolute atomic E-state index is 0.117. The Kier molecular flexibility index (Phi) is 3.72. The Hall–Kier alpha value is -2.03. The second-order valence-corrected chi connectivity index (χ2v) is 5.57. The molecule has 0 aromatic carbocycles. The maximum absolute atomic E-state index is 13.9. The van der Waals surface area contributed by atoms with Gasteiger partial charge in [-0.1, -0.05) is 0 Å². The number of hydrogen-bond acceptors (Lipinski definition) is 6. The third-order valence-electron chi connectivity index (χ3n) is 3.89. The fraction of sp³-hybridized carbons (Fsp3) is 0.357. The molecule has 1 fully saturated rings. The van der Waals surface area contributed by atoms with Crippen LogP contribution in [0.5, 0.6) is 0 Å². The summed E-state index contributed by atoms with van der Waals surface area (Å²) < 4.78 is 26.6. The van der Waals surface area contributed by atoms with Crippen molar-refractivity contribution in [3.8, 4) is 0 Å². The van der Waals surface area contributed by atoms with Crippen molar-refractivity contribution in [3.63, 3.8) is 0 Å². The van der Waals surface area contributed by atoms with Gasteiger partial charge in [0.25, 0.3) is 0 Å². The van der Waals surface area contributed by atoms with E-state index in [9.17, 15) is 4.39 Å². The Labute approximate surface area is 135 Å². The van der Waals surface area contributed by atoms with E-state index in [1.807, 2.05) is 4.57 Å². The number of rotatable bonds is 3. The highest BCUT2D eigenvalue weighted by Crippen LogP contribution is 2.31. The molecule has 120 valence electrons. The van der Waals surface area contributed by atoms with Gasteiger partial charge in [0.1, 0.15) is 18.1 Å². The molecule has 1 aliphatic carbocycles. The van der Waals surface area contributed by atoms with Crippen molar-refractivity contribution in [2.75, 3.05) is 18.2 Å². The van der Waals surface area contributed by atoms with Crippen LogP contribution in [-0.4, -0.2) is 39.0 Å². The highest BCUT2D eigenvalue weighted by molar-refractivity contribution is 6.23. The number of ether oxygens (including phenoxy) is 2. The Bertz CT molecular complexity index is 806. The van der Waals surface area contributed by atoms with Crippen LogP contribution in [0.25, 0.3) is 11.2 Å². The van der Waals surface area contributed by atoms with Crippen LogP contribution in [0.1, 0.15) is 0 Å². The fourth-order valence-electron chi connectivity index (χ4n) is 2.90. The SMILES string of the molecule is FC1=CC2COCOC2C(Cn2cnc3cnc(NCl)nc32)=C1. The van der Waals surface area contributed by atoms with Gasteiger partial charge in [0.05, 0.1) is 25.2 Å². The van der Waals surface area contributed by atoms with Gasteiger partial charge in [-0.25, -0.2) is 14.4 Å². The number of nitrogens with one attached hydrogen (secondary N) is 1. The number of halogens is 2. The highest BCUT2D eigenvalue weighted by Gasteiger charge is 2.32. The van der Waals surface area contributed by atoms with Gasteiger partial charge in [0, 0.05) is 24.2 Å². The van der Waals surface area contributed by atoms with Crippen molar-refractivity contribution in [1.29, 1.82) is 0 Å². The zero-order chi connectivity index (χ0) is 15.8. The molecular formula is C14H13ClFN5O2. The molecule has 0 amide bonds. The van der Waals surface area contributed by atoms with Gasteiger partial charge >= 0.3 is 0 Å². The summed E-state index contributed by atoms with van der Waals surface area (Å²) in [6, 6.07) is 0. The van der Waals surface area contributed by atoms with E-state index in [0.29, 0.717) is 24.3 Å². The van der Waals surface area contributed by atoms with Crippen LogP contribution in [-0.2, 0) is 16.0 Å². The average Bonchev–Trinajstić information content (AvgIpc) is 2.97. The molecule has 0 bridgehead atoms. The summed E-state index contributed by atoms with van der Waals surface area (Å²) in [5.74, 6) is -0.115. The lowest BCUT2D eigenvalue weighted by Crippen LogP contribution is -2.37. The summed E-state index contributed by atoms with van der Waals surface area (Å²) in [6.07, 6.45) is 6.06. The van der Waals surface area contributed by atoms with Crippen molar-refractivity contribution in [2.45, 2.75) is 12.6 Å². The van der Waals surface area contributed by atoms with E-state index in [1.54, 1.807) is 12.5 Å². The van der Waals surface area contributed by atoms with E-state index in [1.165, 1.54) is 12.2 Å². The molecule has 1 saturated heterocycles. The van der Waals surface area contributed by atoms with Gasteiger partial charge in [-0.2, -0.15) is 4.98 Å². The van der Waals surface area contributed by atoms with Crippen LogP contribution in [0.3, 0.4) is 0 Å². The van der Waals surface area contributed by atoms with Crippen molar-refractivity contribution < 1.29 is 13.9 Å². The fourth-order valence-corrected chi connectivity index (χ4v) is 2.99. The molecule has 9 heteroatoms. The smallest absolute Gasteiger partial charge is 0.239 e. The van der Waals surface area contributed by atoms with Crippen LogP contribution in [0.2, 0.25) is 0 Å². The predicted molar refractivity (Wildman–Crippen MR) is 81.3 cm³/mol. The molecule has 0 saturated carbocycles. The van der Waals surface area contributed by atoms with Crippen molar-refractivity contribution in [1.82, 2.24) is 19.5 Å². The van der Waals surface area contributed by atoms with Gasteiger partial charge in [0.2, 0.25) is 5.95 Å². The topological polar surface area (TPSA) is 74.1 Å². The summed E-state index contributed by atoms with van der Waals surface area (Å²) in [5.41, 5.74) is 2.07. The molecule has 23 heavy (non-hydrogen) atoms. The summed E-state index contributed by atoms with van der Waals surface area (Å²) in [7, 11) is 0. The molecule has 1 aliphatic heterocycles. The lowest BCUT2D eigenvalue weighted by Gasteiger charge is -2.33. The number of imidazole rings is 1. The molecule has 0 spiro atoms. The van der Waals surface area contributed by atoms with Crippen LogP contribution < -0.4 is 4.84 Å². The zero-order valence-electron chi connectivity index (χ0n) is 11.9. The molecule has 2 aromatic heterocycles. The largest absolute Gasteiger partial charge is 0.355 e. The first kappa shape index (κ1) is 14.6. The molecular weight excluding hydrogens is 325 g/mol. The maximum Gasteiger partial charge on any atom is 0.239 e. The van der Waals surface area contributed by atoms with Crippen molar-refractivity contribution in [3.05, 3.63) is 36.1 Å². The van der Waals surface area contributed by atoms with E-state index in [0.717, 1.165) is 5.57 Å². The van der Waals surface area contributed by atoms with Gasteiger partial charge in [-0.05, 0) is 17.7 Å². The molecule has 2 aliphatic rings. The standard InChI is InChI=1S/C14H13ClFN5O2/c15-20-14-17-3-11-13(19-14)21(6-18-11)4-8-1-10(16)2-9-5-22-7-23-12(8)9/h1-3,6,9,12H,4-5,7H2,(H,17,19,20). The third kappa shape index (κ3) is 2.69. The molecule has 7 nitrogen and oxygen atoms in total. The molecule has 2 aromatic rings. The Morgan fingerprint density at radius 2 is 2.35 bits per heavy atom. The lowest BCUT2D eigenvalue weighted by atomic mass is 9.90. The third-order valence-corrected chi connectivity index (χ3v) is 4.06. The number of nitrogens with zero attached hydrogens (tertiary/aromatic N) is 4. The van der Waals surface area contributed by atoms with Gasteiger partial charge in [0.15, 0.2) is 5.65 Å². The van der Waals surface area contributed by atoms with Crippen LogP contribution in [0.15, 0.2) is 36.1 Å². The second-order valence-electron chi connectivity index (χ2n) is 5.38. The monoisotopic (exact) mass is 337 g/mol. The normalized spacial score (nSPS) is 24.1. The number of aromatic nitrogens is 4. The highest BCUT2D eigenvalue weighted by atomic mass is 35.5. The summed E-state index contributed by atoms with van der Waals surface area (Å²) in [5, 5.41) is 0. The van der Waals surface area contributed by atoms with E-state index in [4.69, 9.17) is 21.3 Å². The Balaban J connectivity index is 1.68. The number of hydrogen-bond donors (Lipinski definition) is 1. The first-order valence-electron chi connectivity index (χ1n) is 7.06. The molecule has 3 heterocycles. The minimum Gasteiger partial charge on any atom is -0.355 e. The molecule has 2 unspecified atom stereocenters. The first-order chi connectivity index (χ1) is 11.2. The predicted octanol–water partition coefficient (Wildman–Crippen LogP) is 2.17. The van der Waals surface area contributed by atoms with Crippen LogP contribution >= 0.6 is 11.8 Å². The zero-order valence-corrected chi connectivity index (χ0v) is 12.7. The van der Waals surface area contributed by atoms with E-state index < -0.39 is 0 Å². The Morgan fingerprint density at radius 3 is 3.22 bits per heavy atom. The van der Waals surface area contributed by atoms with Gasteiger partial charge in [-0.3, -0.25) is 4.84 Å². The first-order valence-corrected chi connectivity index (χ1v) is 7.44. The Morgan fingerprint density at radius 1 is 1.43 bits per heavy atom. The van der Waals surface area contributed by atoms with Gasteiger partial charge in [-0.15, -0.1) is 0 Å². The molecule has 4 rings (SSSR count). The second kappa shape index (κ2) is 5.88. The molecule has 1 N–H and O–H groups in total. The molecule has 2 atom stereocenters. The summed E-state index contributed by atoms with van der Waals surface area (Å²) >= 11 is 5.54. The minimum atomic E-state index is -0.280. The lowest BCUT2D eigenvalue weighted by molar-refractivity contribution is -0.148. The average molecular weight is 338 g/mol. The maximum atomic E-state index is 13.9. The van der Waals surface area contributed by atoms with Crippen LogP contribution in [0.4, 0.5) is 10.3 Å². The quantitative estimate of drug-likeness (QED) is 0.865. The number of allylic oxidation sites excluding steroid dienone is 2. The van der Waals surface area contributed by atoms with Crippen molar-refractivity contribution >= 4 is 28.9 Å². The van der Waals surface area contributed by atoms with Crippen LogP contribution in [0, 0.1) is 5.92 Å². The van der Waals surface area contributed by atoms with E-state index in [-0.39, 0.29) is 30.6 Å². The number of fused-ring (bicyclic) bond motifs is 2. The summed E-state index contributed by atoms with van der Waals surface area (Å²) in [6.45, 7) is 1.07. The van der Waals surface area contributed by atoms with E-state index in [2.05, 4.69) is 19.8 Å². The van der Waals surface area contributed by atoms with Crippen molar-refractivity contribution in [2.24, 2.45) is 5.92 Å². The van der Waals surface area contributed by atoms with Gasteiger partial charge < -0.3 is 14.0 Å².